The summed E-state index contributed by atoms with van der Waals surface area (Å²) >= 11 is 0. The largest absolute Gasteiger partial charge is 0.478 e. The molecule has 0 aliphatic rings. The summed E-state index contributed by atoms with van der Waals surface area (Å²) in [5, 5.41) is 3.46. The maximum atomic E-state index is 5.60. The van der Waals surface area contributed by atoms with Gasteiger partial charge in [0.25, 0.3) is 0 Å². The van der Waals surface area contributed by atoms with E-state index in [4.69, 9.17) is 4.74 Å². The van der Waals surface area contributed by atoms with Crippen molar-refractivity contribution in [3.63, 3.8) is 0 Å². The first-order valence-corrected chi connectivity index (χ1v) is 6.60. The molecule has 0 bridgehead atoms. The predicted octanol–water partition coefficient (Wildman–Crippen LogP) is 3.32. The van der Waals surface area contributed by atoms with Crippen LogP contribution in [0.25, 0.3) is 0 Å². The molecular formula is C14H24N2O. The van der Waals surface area contributed by atoms with Gasteiger partial charge in [-0.05, 0) is 37.9 Å². The van der Waals surface area contributed by atoms with Crippen molar-refractivity contribution in [1.29, 1.82) is 0 Å². The topological polar surface area (TPSA) is 34.1 Å². The Bertz CT molecular complexity index is 315. The van der Waals surface area contributed by atoms with Gasteiger partial charge in [0.2, 0.25) is 5.88 Å². The van der Waals surface area contributed by atoms with Gasteiger partial charge < -0.3 is 10.1 Å². The average molecular weight is 236 g/mol. The van der Waals surface area contributed by atoms with E-state index in [9.17, 15) is 0 Å². The van der Waals surface area contributed by atoms with Crippen LogP contribution in [0.4, 0.5) is 0 Å². The van der Waals surface area contributed by atoms with E-state index in [0.717, 1.165) is 38.3 Å². The molecule has 0 fully saturated rings. The van der Waals surface area contributed by atoms with E-state index in [1.165, 1.54) is 5.56 Å². The van der Waals surface area contributed by atoms with Gasteiger partial charge in [0, 0.05) is 18.3 Å². The molecule has 3 nitrogen and oxygen atoms in total. The average Bonchev–Trinajstić information content (AvgIpc) is 2.36. The molecular weight excluding hydrogens is 212 g/mol. The minimum atomic E-state index is 0.353. The first-order valence-electron chi connectivity index (χ1n) is 6.60. The maximum Gasteiger partial charge on any atom is 0.213 e. The summed E-state index contributed by atoms with van der Waals surface area (Å²) in [5.74, 6) is 0.737. The fourth-order valence-electron chi connectivity index (χ4n) is 1.57. The Hall–Kier alpha value is -1.09. The quantitative estimate of drug-likeness (QED) is 0.703. The number of nitrogens with one attached hydrogen (secondary N) is 1. The Morgan fingerprint density at radius 3 is 2.88 bits per heavy atom. The van der Waals surface area contributed by atoms with Crippen LogP contribution < -0.4 is 10.1 Å². The first kappa shape index (κ1) is 14.0. The van der Waals surface area contributed by atoms with E-state index in [1.54, 1.807) is 0 Å². The molecule has 3 heteroatoms. The van der Waals surface area contributed by atoms with Gasteiger partial charge in [0.1, 0.15) is 0 Å². The number of pyridine rings is 1. The molecule has 96 valence electrons. The van der Waals surface area contributed by atoms with Crippen LogP contribution in [0.2, 0.25) is 0 Å². The highest BCUT2D eigenvalue weighted by Gasteiger charge is 2.05. The van der Waals surface area contributed by atoms with Crippen molar-refractivity contribution in [2.45, 2.75) is 46.1 Å². The maximum absolute atomic E-state index is 5.60. The summed E-state index contributed by atoms with van der Waals surface area (Å²) in [6, 6.07) is 4.43. The molecule has 0 saturated carbocycles. The lowest BCUT2D eigenvalue weighted by atomic mass is 10.1. The second kappa shape index (κ2) is 8.07. The Labute approximate surface area is 105 Å². The summed E-state index contributed by atoms with van der Waals surface area (Å²) in [6.45, 7) is 8.29. The SMILES string of the molecule is CCCCOc1cc(C(C)NCCC)ccn1. The summed E-state index contributed by atoms with van der Waals surface area (Å²) < 4.78 is 5.60. The third-order valence-electron chi connectivity index (χ3n) is 2.71. The van der Waals surface area contributed by atoms with Crippen molar-refractivity contribution < 1.29 is 4.74 Å². The number of nitrogens with zero attached hydrogens (tertiary/aromatic N) is 1. The van der Waals surface area contributed by atoms with Crippen LogP contribution in [0, 0.1) is 0 Å². The van der Waals surface area contributed by atoms with Crippen molar-refractivity contribution in [2.24, 2.45) is 0 Å². The van der Waals surface area contributed by atoms with Gasteiger partial charge in [-0.1, -0.05) is 20.3 Å². The van der Waals surface area contributed by atoms with Crippen LogP contribution in [0.3, 0.4) is 0 Å². The first-order chi connectivity index (χ1) is 8.27. The van der Waals surface area contributed by atoms with Gasteiger partial charge in [-0.2, -0.15) is 0 Å². The summed E-state index contributed by atoms with van der Waals surface area (Å²) in [4.78, 5) is 4.22. The fraction of sp³-hybridized carbons (Fsp3) is 0.643. The molecule has 1 rings (SSSR count). The monoisotopic (exact) mass is 236 g/mol. The van der Waals surface area contributed by atoms with Crippen molar-refractivity contribution in [3.8, 4) is 5.88 Å². The zero-order chi connectivity index (χ0) is 12.5. The minimum Gasteiger partial charge on any atom is -0.478 e. The smallest absolute Gasteiger partial charge is 0.213 e. The van der Waals surface area contributed by atoms with Crippen molar-refractivity contribution in [1.82, 2.24) is 10.3 Å². The third kappa shape index (κ3) is 5.18. The molecule has 0 spiro atoms. The van der Waals surface area contributed by atoms with E-state index in [0.29, 0.717) is 6.04 Å². The molecule has 0 amide bonds. The van der Waals surface area contributed by atoms with Crippen LogP contribution >= 0.6 is 0 Å². The molecule has 0 aromatic carbocycles. The molecule has 1 atom stereocenters. The molecule has 17 heavy (non-hydrogen) atoms. The van der Waals surface area contributed by atoms with Crippen LogP contribution in [-0.2, 0) is 0 Å². The minimum absolute atomic E-state index is 0.353. The fourth-order valence-corrected chi connectivity index (χ4v) is 1.57. The lowest BCUT2D eigenvalue weighted by molar-refractivity contribution is 0.297. The van der Waals surface area contributed by atoms with Crippen molar-refractivity contribution >= 4 is 0 Å². The number of rotatable bonds is 8. The van der Waals surface area contributed by atoms with Crippen LogP contribution in [-0.4, -0.2) is 18.1 Å². The summed E-state index contributed by atoms with van der Waals surface area (Å²) in [7, 11) is 0. The molecule has 1 N–H and O–H groups in total. The van der Waals surface area contributed by atoms with E-state index in [1.807, 2.05) is 18.3 Å². The van der Waals surface area contributed by atoms with E-state index in [2.05, 4.69) is 31.1 Å². The molecule has 0 saturated heterocycles. The second-order valence-corrected chi connectivity index (χ2v) is 4.31. The normalized spacial score (nSPS) is 12.4. The van der Waals surface area contributed by atoms with Gasteiger partial charge in [-0.3, -0.25) is 0 Å². The molecule has 0 radical (unpaired) electrons. The van der Waals surface area contributed by atoms with E-state index < -0.39 is 0 Å². The van der Waals surface area contributed by atoms with Crippen molar-refractivity contribution in [2.75, 3.05) is 13.2 Å². The highest BCUT2D eigenvalue weighted by molar-refractivity contribution is 5.23. The van der Waals surface area contributed by atoms with E-state index >= 15 is 0 Å². The van der Waals surface area contributed by atoms with Gasteiger partial charge in [0.05, 0.1) is 6.61 Å². The number of hydrogen-bond acceptors (Lipinski definition) is 3. The highest BCUT2D eigenvalue weighted by Crippen LogP contribution is 2.16. The lowest BCUT2D eigenvalue weighted by Crippen LogP contribution is -2.19. The molecule has 0 aliphatic heterocycles. The Morgan fingerprint density at radius 1 is 1.35 bits per heavy atom. The molecule has 0 aliphatic carbocycles. The molecule has 1 aromatic heterocycles. The predicted molar refractivity (Wildman–Crippen MR) is 71.3 cm³/mol. The van der Waals surface area contributed by atoms with Gasteiger partial charge in [0.15, 0.2) is 0 Å². The second-order valence-electron chi connectivity index (χ2n) is 4.31. The third-order valence-corrected chi connectivity index (χ3v) is 2.71. The molecule has 1 aromatic rings. The number of unbranched alkanes of at least 4 members (excludes halogenated alkanes) is 1. The van der Waals surface area contributed by atoms with Crippen LogP contribution in [0.5, 0.6) is 5.88 Å². The number of aromatic nitrogens is 1. The highest BCUT2D eigenvalue weighted by atomic mass is 16.5. The van der Waals surface area contributed by atoms with Gasteiger partial charge in [-0.25, -0.2) is 4.98 Å². The Kier molecular flexibility index (Phi) is 6.63. The number of ether oxygens (including phenoxy) is 1. The van der Waals surface area contributed by atoms with E-state index in [-0.39, 0.29) is 0 Å². The summed E-state index contributed by atoms with van der Waals surface area (Å²) in [5.41, 5.74) is 1.24. The van der Waals surface area contributed by atoms with Crippen molar-refractivity contribution in [3.05, 3.63) is 23.9 Å². The van der Waals surface area contributed by atoms with Crippen LogP contribution in [0.15, 0.2) is 18.3 Å². The standard InChI is InChI=1S/C14H24N2O/c1-4-6-10-17-14-11-13(7-9-16-14)12(3)15-8-5-2/h7,9,11-12,15H,4-6,8,10H2,1-3H3. The Morgan fingerprint density at radius 2 is 2.18 bits per heavy atom. The number of hydrogen-bond donors (Lipinski definition) is 1. The van der Waals surface area contributed by atoms with Gasteiger partial charge >= 0.3 is 0 Å². The molecule has 1 heterocycles. The van der Waals surface area contributed by atoms with Crippen LogP contribution in [0.1, 0.15) is 51.6 Å². The zero-order valence-electron chi connectivity index (χ0n) is 11.2. The Balaban J connectivity index is 2.52. The summed E-state index contributed by atoms with van der Waals surface area (Å²) in [6.07, 6.45) is 5.19. The molecule has 1 unspecified atom stereocenters. The lowest BCUT2D eigenvalue weighted by Gasteiger charge is -2.14. The van der Waals surface area contributed by atoms with Gasteiger partial charge in [-0.15, -0.1) is 0 Å². The zero-order valence-corrected chi connectivity index (χ0v) is 11.2.